The summed E-state index contributed by atoms with van der Waals surface area (Å²) in [6, 6.07) is 0. The fraction of sp³-hybridized carbons (Fsp3) is 0.615. The van der Waals surface area contributed by atoms with Crippen LogP contribution in [0.25, 0.3) is 5.32 Å². The van der Waals surface area contributed by atoms with Crippen molar-refractivity contribution in [1.82, 2.24) is 16.0 Å². The Bertz CT molecular complexity index is 67.6. The van der Waals surface area contributed by atoms with Crippen molar-refractivity contribution in [3.05, 3.63) is 42.5 Å². The largest absolute Gasteiger partial charge is 0.660 e. The minimum atomic E-state index is 0. The summed E-state index contributed by atoms with van der Waals surface area (Å²) in [6.07, 6.45) is 0. The van der Waals surface area contributed by atoms with Crippen LogP contribution < -0.4 is 16.0 Å². The maximum Gasteiger partial charge on any atom is 0.00772 e. The second kappa shape index (κ2) is 36.4. The monoisotopic (exact) mass is 330 g/mol. The van der Waals surface area contributed by atoms with Crippen molar-refractivity contribution in [2.45, 2.75) is 0 Å². The predicted octanol–water partition coefficient (Wildman–Crippen LogP) is 1.81. The first kappa shape index (κ1) is 42.7. The SMILES string of the molecule is C1CNCCNCCNCC[N-]1.Cl.[CH3-].[CH3-].[CH3-].[CH3-].[CH3-].[Ti]. The molecule has 0 aliphatic carbocycles. The van der Waals surface area contributed by atoms with Gasteiger partial charge >= 0.3 is 0 Å². The smallest absolute Gasteiger partial charge is 0.00772 e. The summed E-state index contributed by atoms with van der Waals surface area (Å²) in [4.78, 5) is 0. The van der Waals surface area contributed by atoms with Crippen molar-refractivity contribution >= 4 is 12.4 Å². The molecule has 0 saturated carbocycles. The van der Waals surface area contributed by atoms with Crippen LogP contribution in [-0.2, 0) is 21.7 Å². The molecule has 1 aliphatic rings. The molecule has 1 heterocycles. The normalized spacial score (nSPS) is 15.2. The average molecular weight is 331 g/mol. The van der Waals surface area contributed by atoms with Gasteiger partial charge in [-0.1, -0.05) is 0 Å². The van der Waals surface area contributed by atoms with Crippen LogP contribution in [0.2, 0.25) is 0 Å². The van der Waals surface area contributed by atoms with Crippen LogP contribution in [0, 0.1) is 37.1 Å². The van der Waals surface area contributed by atoms with E-state index < -0.39 is 0 Å². The van der Waals surface area contributed by atoms with Crippen molar-refractivity contribution in [3.63, 3.8) is 0 Å². The molecule has 0 spiro atoms. The van der Waals surface area contributed by atoms with Gasteiger partial charge in [0.05, 0.1) is 0 Å². The number of nitrogens with one attached hydrogen (secondary N) is 3. The minimum absolute atomic E-state index is 0. The van der Waals surface area contributed by atoms with Crippen LogP contribution >= 0.6 is 12.4 Å². The Morgan fingerprint density at radius 1 is 0.526 bits per heavy atom. The van der Waals surface area contributed by atoms with E-state index in [1.165, 1.54) is 0 Å². The second-order valence-corrected chi connectivity index (χ2v) is 2.92. The van der Waals surface area contributed by atoms with E-state index in [0.717, 1.165) is 52.4 Å². The average Bonchev–Trinajstić information content (AvgIpc) is 2.05. The van der Waals surface area contributed by atoms with Crippen LogP contribution in [0.1, 0.15) is 0 Å². The van der Waals surface area contributed by atoms with Gasteiger partial charge in [-0.05, 0) is 13.1 Å². The molecule has 19 heavy (non-hydrogen) atoms. The van der Waals surface area contributed by atoms with Crippen LogP contribution in [0.5, 0.6) is 0 Å². The topological polar surface area (TPSA) is 50.2 Å². The van der Waals surface area contributed by atoms with Gasteiger partial charge in [0.2, 0.25) is 0 Å². The Morgan fingerprint density at radius 2 is 0.789 bits per heavy atom. The third-order valence-corrected chi connectivity index (χ3v) is 1.85. The summed E-state index contributed by atoms with van der Waals surface area (Å²) >= 11 is 0. The molecule has 0 unspecified atom stereocenters. The van der Waals surface area contributed by atoms with Gasteiger partial charge in [0.25, 0.3) is 0 Å². The Labute approximate surface area is 145 Å². The fourth-order valence-corrected chi connectivity index (χ4v) is 1.16. The third-order valence-electron chi connectivity index (χ3n) is 1.85. The Morgan fingerprint density at radius 3 is 1.11 bits per heavy atom. The summed E-state index contributed by atoms with van der Waals surface area (Å²) < 4.78 is 0. The molecule has 0 aromatic carbocycles. The third kappa shape index (κ3) is 32.4. The molecule has 6 heteroatoms. The Balaban J connectivity index is -0.0000000411. The van der Waals surface area contributed by atoms with Crippen molar-refractivity contribution < 1.29 is 21.7 Å². The molecule has 1 fully saturated rings. The van der Waals surface area contributed by atoms with Gasteiger partial charge < -0.3 is 58.4 Å². The molecule has 1 saturated heterocycles. The summed E-state index contributed by atoms with van der Waals surface area (Å²) in [6.45, 7) is 8.14. The number of halogens is 1. The van der Waals surface area contributed by atoms with Crippen LogP contribution in [-0.4, -0.2) is 52.4 Å². The summed E-state index contributed by atoms with van der Waals surface area (Å²) in [5.74, 6) is 0. The van der Waals surface area contributed by atoms with E-state index in [9.17, 15) is 0 Å². The molecule has 0 radical (unpaired) electrons. The fourth-order valence-electron chi connectivity index (χ4n) is 1.16. The van der Waals surface area contributed by atoms with E-state index >= 15 is 0 Å². The number of rotatable bonds is 0. The summed E-state index contributed by atoms with van der Waals surface area (Å²) in [5.41, 5.74) is 0. The van der Waals surface area contributed by atoms with Crippen molar-refractivity contribution in [1.29, 1.82) is 0 Å². The molecule has 0 bridgehead atoms. The van der Waals surface area contributed by atoms with Gasteiger partial charge in [0, 0.05) is 47.9 Å². The quantitative estimate of drug-likeness (QED) is 0.469. The molecule has 0 amide bonds. The van der Waals surface area contributed by atoms with Crippen LogP contribution in [0.15, 0.2) is 0 Å². The van der Waals surface area contributed by atoms with Crippen LogP contribution in [0.4, 0.5) is 0 Å². The summed E-state index contributed by atoms with van der Waals surface area (Å²) in [7, 11) is 0. The zero-order valence-electron chi connectivity index (χ0n) is 13.5. The number of nitrogens with zero attached hydrogens (tertiary/aromatic N) is 1. The van der Waals surface area contributed by atoms with E-state index in [0.29, 0.717) is 0 Å². The molecule has 0 aromatic heterocycles. The van der Waals surface area contributed by atoms with Gasteiger partial charge in [0.1, 0.15) is 0 Å². The van der Waals surface area contributed by atoms with Gasteiger partial charge in [0.15, 0.2) is 0 Å². The molecule has 1 rings (SSSR count). The van der Waals surface area contributed by atoms with Gasteiger partial charge in [-0.25, -0.2) is 0 Å². The van der Waals surface area contributed by atoms with Crippen molar-refractivity contribution in [2.24, 2.45) is 0 Å². The van der Waals surface area contributed by atoms with Crippen molar-refractivity contribution in [3.8, 4) is 0 Å². The zero-order chi connectivity index (χ0) is 8.49. The Kier molecular flexibility index (Phi) is 81.8. The maximum atomic E-state index is 4.36. The first-order valence-electron chi connectivity index (χ1n) is 4.75. The molecule has 4 nitrogen and oxygen atoms in total. The Hall–Kier alpha value is 0.844. The molecular weight excluding hydrogens is 295 g/mol. The number of hydrogen-bond acceptors (Lipinski definition) is 3. The zero-order valence-corrected chi connectivity index (χ0v) is 15.9. The first-order valence-corrected chi connectivity index (χ1v) is 4.75. The molecular formula is C13H35ClN4Ti-6. The van der Waals surface area contributed by atoms with E-state index in [4.69, 9.17) is 0 Å². The standard InChI is InChI=1S/C8H19N4.5CH3.ClH.Ti/c1-2-10-5-6-12-8-7-11-4-3-9-1;;;;;;;/h9-11H,1-8H2;5*1H3;1H;/q6*-1;;. The van der Waals surface area contributed by atoms with Crippen molar-refractivity contribution in [2.75, 3.05) is 52.4 Å². The second-order valence-electron chi connectivity index (χ2n) is 2.92. The van der Waals surface area contributed by atoms with E-state index in [1.54, 1.807) is 0 Å². The molecule has 0 atom stereocenters. The molecule has 0 aromatic rings. The maximum absolute atomic E-state index is 4.36. The molecule has 124 valence electrons. The predicted molar refractivity (Wildman–Crippen MR) is 91.0 cm³/mol. The number of hydrogen-bond donors (Lipinski definition) is 3. The molecule has 3 N–H and O–H groups in total. The molecule has 1 aliphatic heterocycles. The van der Waals surface area contributed by atoms with E-state index in [1.807, 2.05) is 0 Å². The van der Waals surface area contributed by atoms with E-state index in [-0.39, 0.29) is 71.3 Å². The van der Waals surface area contributed by atoms with Gasteiger partial charge in [-0.15, -0.1) is 25.5 Å². The van der Waals surface area contributed by atoms with Gasteiger partial charge in [-0.3, -0.25) is 0 Å². The summed E-state index contributed by atoms with van der Waals surface area (Å²) in [5, 5.41) is 14.4. The minimum Gasteiger partial charge on any atom is -0.660 e. The van der Waals surface area contributed by atoms with Crippen LogP contribution in [0.3, 0.4) is 0 Å². The van der Waals surface area contributed by atoms with E-state index in [2.05, 4.69) is 21.3 Å². The first-order chi connectivity index (χ1) is 6.00. The van der Waals surface area contributed by atoms with Gasteiger partial charge in [-0.2, -0.15) is 0 Å².